The van der Waals surface area contributed by atoms with Crippen molar-refractivity contribution in [1.29, 1.82) is 0 Å². The molecule has 0 bridgehead atoms. The van der Waals surface area contributed by atoms with Gasteiger partial charge in [-0.2, -0.15) is 0 Å². The van der Waals surface area contributed by atoms with Gasteiger partial charge >= 0.3 is 0 Å². The molecule has 0 saturated heterocycles. The van der Waals surface area contributed by atoms with E-state index in [2.05, 4.69) is 24.1 Å². The van der Waals surface area contributed by atoms with Crippen molar-refractivity contribution in [2.24, 2.45) is 11.8 Å². The summed E-state index contributed by atoms with van der Waals surface area (Å²) < 4.78 is 5.23. The van der Waals surface area contributed by atoms with Gasteiger partial charge in [0.25, 0.3) is 0 Å². The molecule has 2 rings (SSSR count). The summed E-state index contributed by atoms with van der Waals surface area (Å²) in [6.07, 6.45) is 7.08. The molecule has 2 aliphatic carbocycles. The normalized spacial score (nSPS) is 21.3. The lowest BCUT2D eigenvalue weighted by molar-refractivity contribution is 0.122. The Kier molecular flexibility index (Phi) is 6.11. The Morgan fingerprint density at radius 3 is 2.26 bits per heavy atom. The van der Waals surface area contributed by atoms with E-state index in [1.165, 1.54) is 32.1 Å². The van der Waals surface area contributed by atoms with Gasteiger partial charge < -0.3 is 10.1 Å². The third-order valence-electron chi connectivity index (χ3n) is 4.84. The van der Waals surface area contributed by atoms with E-state index in [0.717, 1.165) is 44.1 Å². The lowest BCUT2D eigenvalue weighted by Gasteiger charge is -2.29. The molecule has 1 atom stereocenters. The van der Waals surface area contributed by atoms with Crippen LogP contribution in [0, 0.1) is 11.8 Å². The van der Waals surface area contributed by atoms with Gasteiger partial charge in [0.1, 0.15) is 0 Å². The van der Waals surface area contributed by atoms with Crippen molar-refractivity contribution < 1.29 is 4.74 Å². The van der Waals surface area contributed by atoms with E-state index in [4.69, 9.17) is 4.74 Å². The topological polar surface area (TPSA) is 24.5 Å². The average molecular weight is 268 g/mol. The smallest absolute Gasteiger partial charge is 0.0589 e. The minimum atomic E-state index is 0.664. The summed E-state index contributed by atoms with van der Waals surface area (Å²) in [6.45, 7) is 8.81. The summed E-state index contributed by atoms with van der Waals surface area (Å²) in [6, 6.07) is 1.50. The molecule has 3 nitrogen and oxygen atoms in total. The Morgan fingerprint density at radius 2 is 1.79 bits per heavy atom. The molecule has 0 aromatic carbocycles. The van der Waals surface area contributed by atoms with Crippen LogP contribution >= 0.6 is 0 Å². The molecule has 0 aliphatic heterocycles. The average Bonchev–Trinajstić information content (AvgIpc) is 3.29. The molecule has 1 unspecified atom stereocenters. The maximum absolute atomic E-state index is 5.23. The largest absolute Gasteiger partial charge is 0.383 e. The molecule has 0 aromatic heterocycles. The van der Waals surface area contributed by atoms with Gasteiger partial charge in [0, 0.05) is 38.8 Å². The number of nitrogens with zero attached hydrogens (tertiary/aromatic N) is 1. The van der Waals surface area contributed by atoms with Crippen LogP contribution < -0.4 is 5.32 Å². The number of rotatable bonds is 11. The van der Waals surface area contributed by atoms with Crippen LogP contribution in [0.2, 0.25) is 0 Å². The van der Waals surface area contributed by atoms with Crippen molar-refractivity contribution >= 4 is 0 Å². The van der Waals surface area contributed by atoms with Crippen molar-refractivity contribution in [3.8, 4) is 0 Å². The van der Waals surface area contributed by atoms with Crippen LogP contribution in [0.4, 0.5) is 0 Å². The van der Waals surface area contributed by atoms with Crippen LogP contribution in [0.15, 0.2) is 0 Å². The van der Waals surface area contributed by atoms with E-state index in [1.807, 2.05) is 0 Å². The fourth-order valence-corrected chi connectivity index (χ4v) is 3.02. The minimum Gasteiger partial charge on any atom is -0.383 e. The van der Waals surface area contributed by atoms with E-state index >= 15 is 0 Å². The predicted molar refractivity (Wildman–Crippen MR) is 80.4 cm³/mol. The quantitative estimate of drug-likeness (QED) is 0.623. The molecule has 112 valence electrons. The first kappa shape index (κ1) is 15.3. The van der Waals surface area contributed by atoms with Crippen LogP contribution in [0.3, 0.4) is 0 Å². The SMILES string of the molecule is CCC(C)N(CCNC(C1CC1)C1CC1)CCOC. The Morgan fingerprint density at radius 1 is 1.16 bits per heavy atom. The van der Waals surface area contributed by atoms with E-state index in [9.17, 15) is 0 Å². The van der Waals surface area contributed by atoms with Crippen LogP contribution in [-0.2, 0) is 4.74 Å². The lowest BCUT2D eigenvalue weighted by atomic mass is 10.1. The van der Waals surface area contributed by atoms with Crippen LogP contribution in [0.5, 0.6) is 0 Å². The molecule has 2 aliphatic rings. The minimum absolute atomic E-state index is 0.664. The number of hydrogen-bond acceptors (Lipinski definition) is 3. The first-order chi connectivity index (χ1) is 9.26. The van der Waals surface area contributed by atoms with Gasteiger partial charge in [0.2, 0.25) is 0 Å². The predicted octanol–water partition coefficient (Wildman–Crippen LogP) is 2.51. The molecule has 1 N–H and O–H groups in total. The Balaban J connectivity index is 1.67. The summed E-state index contributed by atoms with van der Waals surface area (Å²) in [4.78, 5) is 2.56. The Hall–Kier alpha value is -0.120. The van der Waals surface area contributed by atoms with Gasteiger partial charge in [-0.25, -0.2) is 0 Å². The Bertz CT molecular complexity index is 239. The maximum atomic E-state index is 5.23. The highest BCUT2D eigenvalue weighted by molar-refractivity contribution is 4.96. The monoisotopic (exact) mass is 268 g/mol. The van der Waals surface area contributed by atoms with E-state index in [0.29, 0.717) is 6.04 Å². The second-order valence-corrected chi connectivity index (χ2v) is 6.44. The van der Waals surface area contributed by atoms with Crippen LogP contribution in [0.1, 0.15) is 46.0 Å². The van der Waals surface area contributed by atoms with Gasteiger partial charge in [-0.1, -0.05) is 6.92 Å². The molecule has 19 heavy (non-hydrogen) atoms. The third-order valence-corrected chi connectivity index (χ3v) is 4.84. The molecule has 2 fully saturated rings. The molecule has 0 heterocycles. The maximum Gasteiger partial charge on any atom is 0.0589 e. The molecule has 0 aromatic rings. The molecule has 0 radical (unpaired) electrons. The van der Waals surface area contributed by atoms with Crippen LogP contribution in [0.25, 0.3) is 0 Å². The lowest BCUT2D eigenvalue weighted by Crippen LogP contribution is -2.43. The zero-order valence-electron chi connectivity index (χ0n) is 13.0. The van der Waals surface area contributed by atoms with Crippen molar-refractivity contribution in [2.45, 2.75) is 58.0 Å². The Labute approximate surface area is 119 Å². The first-order valence-electron chi connectivity index (χ1n) is 8.22. The summed E-state index contributed by atoms with van der Waals surface area (Å²) in [5, 5.41) is 3.85. The second kappa shape index (κ2) is 7.61. The van der Waals surface area contributed by atoms with E-state index in [1.54, 1.807) is 7.11 Å². The van der Waals surface area contributed by atoms with Crippen molar-refractivity contribution in [3.63, 3.8) is 0 Å². The molecular weight excluding hydrogens is 236 g/mol. The molecule has 0 spiro atoms. The van der Waals surface area contributed by atoms with Crippen molar-refractivity contribution in [3.05, 3.63) is 0 Å². The molecule has 3 heteroatoms. The third kappa shape index (κ3) is 5.05. The van der Waals surface area contributed by atoms with Crippen molar-refractivity contribution in [1.82, 2.24) is 10.2 Å². The zero-order valence-corrected chi connectivity index (χ0v) is 13.0. The second-order valence-electron chi connectivity index (χ2n) is 6.44. The van der Waals surface area contributed by atoms with Gasteiger partial charge in [-0.3, -0.25) is 4.90 Å². The first-order valence-corrected chi connectivity index (χ1v) is 8.22. The zero-order chi connectivity index (χ0) is 13.7. The highest BCUT2D eigenvalue weighted by Crippen LogP contribution is 2.44. The molecule has 0 amide bonds. The van der Waals surface area contributed by atoms with E-state index < -0.39 is 0 Å². The van der Waals surface area contributed by atoms with Crippen LogP contribution in [-0.4, -0.2) is 50.3 Å². The summed E-state index contributed by atoms with van der Waals surface area (Å²) >= 11 is 0. The number of methoxy groups -OCH3 is 1. The number of ether oxygens (including phenoxy) is 1. The van der Waals surface area contributed by atoms with Gasteiger partial charge in [0.05, 0.1) is 6.61 Å². The fourth-order valence-electron chi connectivity index (χ4n) is 3.02. The van der Waals surface area contributed by atoms with Crippen molar-refractivity contribution in [2.75, 3.05) is 33.4 Å². The highest BCUT2D eigenvalue weighted by atomic mass is 16.5. The van der Waals surface area contributed by atoms with E-state index in [-0.39, 0.29) is 0 Å². The van der Waals surface area contributed by atoms with Gasteiger partial charge in [0.15, 0.2) is 0 Å². The number of hydrogen-bond donors (Lipinski definition) is 1. The highest BCUT2D eigenvalue weighted by Gasteiger charge is 2.40. The molecular formula is C16H32N2O. The standard InChI is InChI=1S/C16H32N2O/c1-4-13(2)18(11-12-19-3)10-9-17-16(14-5-6-14)15-7-8-15/h13-17H,4-12H2,1-3H3. The summed E-state index contributed by atoms with van der Waals surface area (Å²) in [5.74, 6) is 2.01. The number of nitrogens with one attached hydrogen (secondary N) is 1. The fraction of sp³-hybridized carbons (Fsp3) is 1.00. The van der Waals surface area contributed by atoms with Gasteiger partial charge in [-0.15, -0.1) is 0 Å². The summed E-state index contributed by atoms with van der Waals surface area (Å²) in [7, 11) is 1.79. The molecule has 2 saturated carbocycles. The van der Waals surface area contributed by atoms with Gasteiger partial charge in [-0.05, 0) is 50.9 Å². The summed E-state index contributed by atoms with van der Waals surface area (Å²) in [5.41, 5.74) is 0.